The Hall–Kier alpha value is -0.810. The fourth-order valence-electron chi connectivity index (χ4n) is 1.74. The van der Waals surface area contributed by atoms with Gasteiger partial charge in [-0.2, -0.15) is 0 Å². The molecule has 0 aliphatic carbocycles. The molecule has 0 aliphatic heterocycles. The van der Waals surface area contributed by atoms with Crippen LogP contribution in [-0.2, 0) is 0 Å². The zero-order valence-corrected chi connectivity index (χ0v) is 11.5. The van der Waals surface area contributed by atoms with E-state index in [2.05, 4.69) is 21.4 Å². The summed E-state index contributed by atoms with van der Waals surface area (Å²) in [6, 6.07) is 7.30. The lowest BCUT2D eigenvalue weighted by molar-refractivity contribution is 0.449. The summed E-state index contributed by atoms with van der Waals surface area (Å²) >= 11 is 9.43. The number of halogens is 2. The number of benzene rings is 1. The fraction of sp³-hybridized carbons (Fsp3) is 0.167. The van der Waals surface area contributed by atoms with Gasteiger partial charge in [-0.25, -0.2) is 5.43 Å². The number of aryl methyl sites for hydroxylation is 1. The van der Waals surface area contributed by atoms with Crippen LogP contribution in [0, 0.1) is 6.92 Å². The van der Waals surface area contributed by atoms with Crippen LogP contribution in [0.5, 0.6) is 0 Å². The van der Waals surface area contributed by atoms with Crippen LogP contribution in [0.3, 0.4) is 0 Å². The predicted molar refractivity (Wildman–Crippen MR) is 71.8 cm³/mol. The third-order valence-corrected chi connectivity index (χ3v) is 3.52. The van der Waals surface area contributed by atoms with E-state index in [-0.39, 0.29) is 6.04 Å². The molecular weight excluding hydrogens is 304 g/mol. The molecule has 1 unspecified atom stereocenters. The van der Waals surface area contributed by atoms with Gasteiger partial charge in [-0.3, -0.25) is 5.84 Å². The van der Waals surface area contributed by atoms with Gasteiger partial charge in [0.2, 0.25) is 0 Å². The Bertz CT molecular complexity index is 527. The van der Waals surface area contributed by atoms with Crippen LogP contribution in [0.15, 0.2) is 39.4 Å². The van der Waals surface area contributed by atoms with Gasteiger partial charge in [-0.05, 0) is 52.2 Å². The van der Waals surface area contributed by atoms with Gasteiger partial charge >= 0.3 is 0 Å². The Morgan fingerprint density at radius 2 is 2.18 bits per heavy atom. The van der Waals surface area contributed by atoms with Crippen LogP contribution in [0.25, 0.3) is 0 Å². The number of nitrogens with two attached hydrogens (primary N) is 1. The molecule has 2 aromatic rings. The van der Waals surface area contributed by atoms with Crippen molar-refractivity contribution in [1.82, 2.24) is 5.43 Å². The molecule has 0 radical (unpaired) electrons. The van der Waals surface area contributed by atoms with Crippen molar-refractivity contribution in [3.8, 4) is 0 Å². The first-order valence-corrected chi connectivity index (χ1v) is 6.25. The highest BCUT2D eigenvalue weighted by atomic mass is 79.9. The maximum absolute atomic E-state index is 6.01. The molecule has 3 nitrogen and oxygen atoms in total. The van der Waals surface area contributed by atoms with E-state index < -0.39 is 0 Å². The summed E-state index contributed by atoms with van der Waals surface area (Å²) in [5.41, 5.74) is 4.84. The first kappa shape index (κ1) is 12.6. The van der Waals surface area contributed by atoms with Gasteiger partial charge in [-0.1, -0.05) is 17.7 Å². The molecule has 90 valence electrons. The van der Waals surface area contributed by atoms with Gasteiger partial charge in [0.1, 0.15) is 11.8 Å². The van der Waals surface area contributed by atoms with Crippen LogP contribution in [0.4, 0.5) is 0 Å². The molecule has 1 heterocycles. The van der Waals surface area contributed by atoms with E-state index >= 15 is 0 Å². The normalized spacial score (nSPS) is 12.7. The zero-order chi connectivity index (χ0) is 12.4. The largest absolute Gasteiger partial charge is 0.466 e. The maximum atomic E-state index is 6.01. The Balaban J connectivity index is 2.49. The van der Waals surface area contributed by atoms with E-state index in [4.69, 9.17) is 21.9 Å². The number of furan rings is 1. The van der Waals surface area contributed by atoms with Crippen molar-refractivity contribution in [3.05, 3.63) is 56.9 Å². The molecule has 1 aromatic heterocycles. The van der Waals surface area contributed by atoms with Crippen molar-refractivity contribution in [2.45, 2.75) is 13.0 Å². The lowest BCUT2D eigenvalue weighted by Gasteiger charge is -2.17. The Morgan fingerprint density at radius 3 is 2.76 bits per heavy atom. The molecule has 3 N–H and O–H groups in total. The van der Waals surface area contributed by atoms with Crippen LogP contribution in [-0.4, -0.2) is 0 Å². The second-order valence-electron chi connectivity index (χ2n) is 3.73. The van der Waals surface area contributed by atoms with Gasteiger partial charge < -0.3 is 4.42 Å². The van der Waals surface area contributed by atoms with Crippen molar-refractivity contribution in [2.75, 3.05) is 0 Å². The number of hydrogen-bond acceptors (Lipinski definition) is 3. The standard InChI is InChI=1S/C12H12BrClN2O/c1-7-2-3-8(14)6-9(7)11(16-15)12-10(13)4-5-17-12/h2-6,11,16H,15H2,1H3. The second kappa shape index (κ2) is 5.23. The predicted octanol–water partition coefficient (Wildman–Crippen LogP) is 3.56. The van der Waals surface area contributed by atoms with Crippen LogP contribution in [0.1, 0.15) is 22.9 Å². The Morgan fingerprint density at radius 1 is 1.41 bits per heavy atom. The smallest absolute Gasteiger partial charge is 0.140 e. The fourth-order valence-corrected chi connectivity index (χ4v) is 2.35. The minimum Gasteiger partial charge on any atom is -0.466 e. The van der Waals surface area contributed by atoms with Crippen molar-refractivity contribution in [2.24, 2.45) is 5.84 Å². The molecule has 0 amide bonds. The maximum Gasteiger partial charge on any atom is 0.140 e. The Kier molecular flexibility index (Phi) is 3.89. The molecule has 0 saturated carbocycles. The summed E-state index contributed by atoms with van der Waals surface area (Å²) in [4.78, 5) is 0. The molecule has 5 heteroatoms. The molecule has 0 spiro atoms. The molecule has 1 atom stereocenters. The van der Waals surface area contributed by atoms with Gasteiger partial charge in [0.25, 0.3) is 0 Å². The van der Waals surface area contributed by atoms with Crippen LogP contribution in [0.2, 0.25) is 5.02 Å². The lowest BCUT2D eigenvalue weighted by atomic mass is 10.00. The number of hydrazine groups is 1. The minimum absolute atomic E-state index is 0.224. The summed E-state index contributed by atoms with van der Waals surface area (Å²) in [5, 5.41) is 0.675. The van der Waals surface area contributed by atoms with Gasteiger partial charge in [-0.15, -0.1) is 0 Å². The van der Waals surface area contributed by atoms with E-state index in [9.17, 15) is 0 Å². The highest BCUT2D eigenvalue weighted by Crippen LogP contribution is 2.31. The first-order valence-electron chi connectivity index (χ1n) is 5.08. The molecule has 0 bridgehead atoms. The quantitative estimate of drug-likeness (QED) is 0.672. The van der Waals surface area contributed by atoms with Crippen molar-refractivity contribution < 1.29 is 4.42 Å². The van der Waals surface area contributed by atoms with E-state index in [0.29, 0.717) is 5.02 Å². The minimum atomic E-state index is -0.224. The zero-order valence-electron chi connectivity index (χ0n) is 9.21. The molecule has 0 saturated heterocycles. The summed E-state index contributed by atoms with van der Waals surface area (Å²) in [5.74, 6) is 6.34. The second-order valence-corrected chi connectivity index (χ2v) is 5.02. The van der Waals surface area contributed by atoms with Crippen LogP contribution >= 0.6 is 27.5 Å². The number of nitrogens with one attached hydrogen (secondary N) is 1. The third-order valence-electron chi connectivity index (χ3n) is 2.63. The highest BCUT2D eigenvalue weighted by molar-refractivity contribution is 9.10. The van der Waals surface area contributed by atoms with Gasteiger partial charge in [0.05, 0.1) is 10.7 Å². The Labute approximate surface area is 113 Å². The van der Waals surface area contributed by atoms with Crippen molar-refractivity contribution in [3.63, 3.8) is 0 Å². The van der Waals surface area contributed by atoms with Crippen LogP contribution < -0.4 is 11.3 Å². The van der Waals surface area contributed by atoms with E-state index in [1.807, 2.05) is 31.2 Å². The molecule has 0 aliphatic rings. The highest BCUT2D eigenvalue weighted by Gasteiger charge is 2.20. The average molecular weight is 316 g/mol. The average Bonchev–Trinajstić information content (AvgIpc) is 2.71. The number of hydrogen-bond donors (Lipinski definition) is 2. The van der Waals surface area contributed by atoms with E-state index in [0.717, 1.165) is 21.4 Å². The van der Waals surface area contributed by atoms with Crippen molar-refractivity contribution >= 4 is 27.5 Å². The third kappa shape index (κ3) is 2.55. The molecule has 17 heavy (non-hydrogen) atoms. The topological polar surface area (TPSA) is 51.2 Å². The SMILES string of the molecule is Cc1ccc(Cl)cc1C(NN)c1occc1Br. The molecule has 0 fully saturated rings. The lowest BCUT2D eigenvalue weighted by Crippen LogP contribution is -2.29. The summed E-state index contributed by atoms with van der Waals surface area (Å²) in [6.07, 6.45) is 1.61. The van der Waals surface area contributed by atoms with Gasteiger partial charge in [0.15, 0.2) is 0 Å². The van der Waals surface area contributed by atoms with E-state index in [1.54, 1.807) is 6.26 Å². The number of rotatable bonds is 3. The first-order chi connectivity index (χ1) is 8.13. The molecular formula is C12H12BrClN2O. The summed E-state index contributed by atoms with van der Waals surface area (Å²) in [7, 11) is 0. The van der Waals surface area contributed by atoms with Gasteiger partial charge in [0, 0.05) is 5.02 Å². The van der Waals surface area contributed by atoms with E-state index in [1.165, 1.54) is 0 Å². The van der Waals surface area contributed by atoms with Crippen molar-refractivity contribution in [1.29, 1.82) is 0 Å². The summed E-state index contributed by atoms with van der Waals surface area (Å²) in [6.45, 7) is 2.01. The molecule has 1 aromatic carbocycles. The molecule has 2 rings (SSSR count). The summed E-state index contributed by atoms with van der Waals surface area (Å²) < 4.78 is 6.31. The monoisotopic (exact) mass is 314 g/mol.